The summed E-state index contributed by atoms with van der Waals surface area (Å²) in [5, 5.41) is 13.1. The van der Waals surface area contributed by atoms with E-state index in [4.69, 9.17) is 11.6 Å². The van der Waals surface area contributed by atoms with Gasteiger partial charge in [-0.15, -0.1) is 10.2 Å². The van der Waals surface area contributed by atoms with Crippen molar-refractivity contribution in [2.24, 2.45) is 5.92 Å². The van der Waals surface area contributed by atoms with Gasteiger partial charge in [-0.2, -0.15) is 0 Å². The van der Waals surface area contributed by atoms with Gasteiger partial charge in [0.1, 0.15) is 0 Å². The third-order valence-electron chi connectivity index (χ3n) is 5.30. The Morgan fingerprint density at radius 2 is 1.80 bits per heavy atom. The van der Waals surface area contributed by atoms with Crippen LogP contribution in [0.15, 0.2) is 53.9 Å². The standard InChI is InChI=1S/C22H24ClN5OS/c23-18-6-8-19(9-7-18)28-21(17-10-12-24-13-11-17)26-27-22(28)30-15-20(29)25-14-16-4-2-1-3-5-16/h6-13,16H,1-5,14-15H2,(H,25,29). The number of nitrogens with zero attached hydrogens (tertiary/aromatic N) is 4. The molecule has 8 heteroatoms. The van der Waals surface area contributed by atoms with Gasteiger partial charge in [0.25, 0.3) is 0 Å². The van der Waals surface area contributed by atoms with Crippen molar-refractivity contribution in [1.82, 2.24) is 25.1 Å². The number of carbonyl (C=O) groups excluding carboxylic acids is 1. The van der Waals surface area contributed by atoms with Gasteiger partial charge in [0.05, 0.1) is 5.75 Å². The first-order valence-electron chi connectivity index (χ1n) is 10.2. The molecule has 6 nitrogen and oxygen atoms in total. The number of hydrogen-bond acceptors (Lipinski definition) is 5. The van der Waals surface area contributed by atoms with Crippen LogP contribution in [0.1, 0.15) is 32.1 Å². The van der Waals surface area contributed by atoms with Gasteiger partial charge in [0, 0.05) is 35.2 Å². The molecule has 0 bridgehead atoms. The van der Waals surface area contributed by atoms with Crippen molar-refractivity contribution in [2.45, 2.75) is 37.3 Å². The zero-order valence-electron chi connectivity index (χ0n) is 16.6. The van der Waals surface area contributed by atoms with E-state index in [9.17, 15) is 4.79 Å². The van der Waals surface area contributed by atoms with E-state index in [1.807, 2.05) is 41.0 Å². The molecule has 1 aliphatic rings. The van der Waals surface area contributed by atoms with E-state index in [0.29, 0.717) is 27.7 Å². The van der Waals surface area contributed by atoms with E-state index >= 15 is 0 Å². The Balaban J connectivity index is 1.49. The Morgan fingerprint density at radius 1 is 1.07 bits per heavy atom. The highest BCUT2D eigenvalue weighted by Crippen LogP contribution is 2.28. The second-order valence-corrected chi connectivity index (χ2v) is 8.83. The van der Waals surface area contributed by atoms with Crippen molar-refractivity contribution in [1.29, 1.82) is 0 Å². The third-order valence-corrected chi connectivity index (χ3v) is 6.48. The van der Waals surface area contributed by atoms with Gasteiger partial charge in [0.15, 0.2) is 11.0 Å². The maximum Gasteiger partial charge on any atom is 0.230 e. The molecule has 0 aliphatic heterocycles. The molecule has 156 valence electrons. The minimum Gasteiger partial charge on any atom is -0.355 e. The van der Waals surface area contributed by atoms with Crippen LogP contribution in [0.4, 0.5) is 0 Å². The van der Waals surface area contributed by atoms with Gasteiger partial charge in [-0.25, -0.2) is 0 Å². The van der Waals surface area contributed by atoms with Crippen LogP contribution in [0, 0.1) is 5.92 Å². The monoisotopic (exact) mass is 441 g/mol. The van der Waals surface area contributed by atoms with Crippen LogP contribution < -0.4 is 5.32 Å². The second kappa shape index (κ2) is 10.1. The minimum atomic E-state index is 0.0293. The topological polar surface area (TPSA) is 72.7 Å². The average Bonchev–Trinajstić information content (AvgIpc) is 3.22. The molecule has 3 aromatic rings. The normalized spacial score (nSPS) is 14.6. The second-order valence-electron chi connectivity index (χ2n) is 7.45. The average molecular weight is 442 g/mol. The third kappa shape index (κ3) is 5.21. The van der Waals surface area contributed by atoms with E-state index in [1.54, 1.807) is 12.4 Å². The van der Waals surface area contributed by atoms with Crippen LogP contribution in [0.3, 0.4) is 0 Å². The highest BCUT2D eigenvalue weighted by atomic mass is 35.5. The van der Waals surface area contributed by atoms with Crippen molar-refractivity contribution in [3.05, 3.63) is 53.8 Å². The van der Waals surface area contributed by atoms with Crippen molar-refractivity contribution in [3.63, 3.8) is 0 Å². The lowest BCUT2D eigenvalue weighted by Gasteiger charge is -2.21. The zero-order valence-corrected chi connectivity index (χ0v) is 18.2. The fourth-order valence-electron chi connectivity index (χ4n) is 3.70. The molecule has 30 heavy (non-hydrogen) atoms. The van der Waals surface area contributed by atoms with Crippen LogP contribution >= 0.6 is 23.4 Å². The smallest absolute Gasteiger partial charge is 0.230 e. The first kappa shape index (κ1) is 20.9. The van der Waals surface area contributed by atoms with Crippen LogP contribution in [0.5, 0.6) is 0 Å². The lowest BCUT2D eigenvalue weighted by atomic mass is 9.89. The molecule has 4 rings (SSSR count). The molecule has 1 amide bonds. The summed E-state index contributed by atoms with van der Waals surface area (Å²) in [6.07, 6.45) is 9.75. The fourth-order valence-corrected chi connectivity index (χ4v) is 4.61. The quantitative estimate of drug-likeness (QED) is 0.534. The number of nitrogens with one attached hydrogen (secondary N) is 1. The molecule has 1 N–H and O–H groups in total. The molecule has 1 aromatic carbocycles. The summed E-state index contributed by atoms with van der Waals surface area (Å²) < 4.78 is 1.95. The molecule has 1 saturated carbocycles. The van der Waals surface area contributed by atoms with Crippen molar-refractivity contribution < 1.29 is 4.79 Å². The Morgan fingerprint density at radius 3 is 2.53 bits per heavy atom. The summed E-state index contributed by atoms with van der Waals surface area (Å²) in [4.78, 5) is 16.5. The largest absolute Gasteiger partial charge is 0.355 e. The molecular formula is C22H24ClN5OS. The highest BCUT2D eigenvalue weighted by Gasteiger charge is 2.18. The Labute approximate surface area is 185 Å². The molecule has 2 heterocycles. The molecule has 0 unspecified atom stereocenters. The SMILES string of the molecule is O=C(CSc1nnc(-c2ccncc2)n1-c1ccc(Cl)cc1)NCC1CCCCC1. The number of hydrogen-bond donors (Lipinski definition) is 1. The molecule has 2 aromatic heterocycles. The number of aromatic nitrogens is 4. The van der Waals surface area contributed by atoms with Crippen molar-refractivity contribution in [2.75, 3.05) is 12.3 Å². The number of thioether (sulfide) groups is 1. The van der Waals surface area contributed by atoms with Gasteiger partial charge < -0.3 is 5.32 Å². The van der Waals surface area contributed by atoms with Gasteiger partial charge in [-0.05, 0) is 55.2 Å². The van der Waals surface area contributed by atoms with Gasteiger partial charge in [-0.1, -0.05) is 42.6 Å². The molecule has 1 aliphatic carbocycles. The maximum absolute atomic E-state index is 12.4. The summed E-state index contributed by atoms with van der Waals surface area (Å²) in [6, 6.07) is 11.3. The number of halogens is 1. The van der Waals surface area contributed by atoms with Crippen LogP contribution in [-0.4, -0.2) is 38.0 Å². The molecule has 0 atom stereocenters. The Kier molecular flexibility index (Phi) is 7.02. The maximum atomic E-state index is 12.4. The van der Waals surface area contributed by atoms with Crippen LogP contribution in [-0.2, 0) is 4.79 Å². The molecular weight excluding hydrogens is 418 g/mol. The Bertz CT molecular complexity index is 971. The van der Waals surface area contributed by atoms with Crippen LogP contribution in [0.2, 0.25) is 5.02 Å². The van der Waals surface area contributed by atoms with Gasteiger partial charge in [0.2, 0.25) is 5.91 Å². The number of pyridine rings is 1. The van der Waals surface area contributed by atoms with E-state index in [-0.39, 0.29) is 5.91 Å². The van der Waals surface area contributed by atoms with Crippen molar-refractivity contribution >= 4 is 29.3 Å². The molecule has 0 saturated heterocycles. The number of rotatable bonds is 7. The highest BCUT2D eigenvalue weighted by molar-refractivity contribution is 7.99. The van der Waals surface area contributed by atoms with E-state index in [0.717, 1.165) is 17.8 Å². The summed E-state index contributed by atoms with van der Waals surface area (Å²) in [6.45, 7) is 0.769. The first-order chi connectivity index (χ1) is 14.7. The van der Waals surface area contributed by atoms with E-state index in [2.05, 4.69) is 20.5 Å². The van der Waals surface area contributed by atoms with Crippen molar-refractivity contribution in [3.8, 4) is 17.1 Å². The summed E-state index contributed by atoms with van der Waals surface area (Å²) >= 11 is 7.45. The lowest BCUT2D eigenvalue weighted by Crippen LogP contribution is -2.31. The summed E-state index contributed by atoms with van der Waals surface area (Å²) in [5.41, 5.74) is 1.79. The fraction of sp³-hybridized carbons (Fsp3) is 0.364. The Hall–Kier alpha value is -2.38. The molecule has 0 spiro atoms. The predicted octanol–water partition coefficient (Wildman–Crippen LogP) is 4.77. The lowest BCUT2D eigenvalue weighted by molar-refractivity contribution is -0.118. The minimum absolute atomic E-state index is 0.0293. The molecule has 1 fully saturated rings. The summed E-state index contributed by atoms with van der Waals surface area (Å²) in [5.74, 6) is 1.64. The number of amides is 1. The van der Waals surface area contributed by atoms with Gasteiger partial charge in [-0.3, -0.25) is 14.3 Å². The van der Waals surface area contributed by atoms with E-state index < -0.39 is 0 Å². The number of carbonyl (C=O) groups is 1. The predicted molar refractivity (Wildman–Crippen MR) is 120 cm³/mol. The van der Waals surface area contributed by atoms with Crippen LogP contribution in [0.25, 0.3) is 17.1 Å². The first-order valence-corrected chi connectivity index (χ1v) is 11.6. The molecule has 0 radical (unpaired) electrons. The number of benzene rings is 1. The van der Waals surface area contributed by atoms with Gasteiger partial charge >= 0.3 is 0 Å². The van der Waals surface area contributed by atoms with E-state index in [1.165, 1.54) is 43.9 Å². The zero-order chi connectivity index (χ0) is 20.8. The summed E-state index contributed by atoms with van der Waals surface area (Å²) in [7, 11) is 0.